The lowest BCUT2D eigenvalue weighted by molar-refractivity contribution is 1.66. The summed E-state index contributed by atoms with van der Waals surface area (Å²) in [5.74, 6) is 0. The fraction of sp³-hybridized carbons (Fsp3) is 0. The average Bonchev–Trinajstić information content (AvgIpc) is 1.97. The van der Waals surface area contributed by atoms with E-state index in [1.807, 2.05) is 12.1 Å². The minimum atomic E-state index is 0.638. The Labute approximate surface area is 97.8 Å². The molecule has 0 atom stereocenters. The molecule has 0 saturated heterocycles. The third-order valence-corrected chi connectivity index (χ3v) is 2.37. The smallest absolute Gasteiger partial charge is 0.0611 e. The Morgan fingerprint density at radius 1 is 1.17 bits per heavy atom. The van der Waals surface area contributed by atoms with E-state index in [4.69, 9.17) is 23.2 Å². The monoisotopic (exact) mass is 328 g/mol. The predicted octanol–water partition coefficient (Wildman–Crippen LogP) is 5.08. The zero-order chi connectivity index (χ0) is 9.14. The molecule has 4 heteroatoms. The highest BCUT2D eigenvalue weighted by molar-refractivity contribution is 9.28. The van der Waals surface area contributed by atoms with Gasteiger partial charge in [-0.3, -0.25) is 0 Å². The molecule has 0 fully saturated rings. The first kappa shape index (κ1) is 10.6. The fourth-order valence-electron chi connectivity index (χ4n) is 0.758. The molecule has 0 N–H and O–H groups in total. The molecule has 0 aliphatic heterocycles. The van der Waals surface area contributed by atoms with Crippen LogP contribution >= 0.6 is 55.1 Å². The van der Waals surface area contributed by atoms with Gasteiger partial charge in [-0.25, -0.2) is 0 Å². The van der Waals surface area contributed by atoms with Crippen LogP contribution < -0.4 is 0 Å². The molecule has 0 amide bonds. The Bertz CT molecular complexity index is 297. The van der Waals surface area contributed by atoms with Gasteiger partial charge in [-0.1, -0.05) is 29.3 Å². The van der Waals surface area contributed by atoms with Crippen LogP contribution in [0.3, 0.4) is 0 Å². The molecule has 0 nitrogen and oxygen atoms in total. The molecule has 64 valence electrons. The standard InChI is InChI=1S/C8H4Br2Cl2/c9-8(10)4-5-6(11)2-1-3-7(5)12/h1-4H. The van der Waals surface area contributed by atoms with Crippen LogP contribution in [0, 0.1) is 0 Å². The first-order chi connectivity index (χ1) is 5.61. The summed E-state index contributed by atoms with van der Waals surface area (Å²) in [5, 5.41) is 1.28. The van der Waals surface area contributed by atoms with E-state index in [-0.39, 0.29) is 0 Å². The SMILES string of the molecule is Clc1cccc(Cl)c1C=C(Br)Br. The Hall–Kier alpha value is 0.500. The van der Waals surface area contributed by atoms with Crippen molar-refractivity contribution in [2.75, 3.05) is 0 Å². The molecule has 0 radical (unpaired) electrons. The van der Waals surface area contributed by atoms with Gasteiger partial charge in [0.25, 0.3) is 0 Å². The van der Waals surface area contributed by atoms with Crippen LogP contribution in [0.25, 0.3) is 6.08 Å². The largest absolute Gasteiger partial charge is 0.0836 e. The molecule has 0 spiro atoms. The zero-order valence-corrected chi connectivity index (χ0v) is 10.5. The summed E-state index contributed by atoms with van der Waals surface area (Å²) >= 11 is 18.3. The third kappa shape index (κ3) is 2.77. The molecular weight excluding hydrogens is 327 g/mol. The first-order valence-electron chi connectivity index (χ1n) is 3.08. The molecule has 1 rings (SSSR count). The number of rotatable bonds is 1. The predicted molar refractivity (Wildman–Crippen MR) is 62.3 cm³/mol. The quantitative estimate of drug-likeness (QED) is 0.673. The van der Waals surface area contributed by atoms with E-state index in [1.165, 1.54) is 0 Å². The summed E-state index contributed by atoms with van der Waals surface area (Å²) in [6, 6.07) is 5.40. The molecule has 0 bridgehead atoms. The lowest BCUT2D eigenvalue weighted by Gasteiger charge is -2.00. The van der Waals surface area contributed by atoms with Crippen molar-refractivity contribution in [2.24, 2.45) is 0 Å². The van der Waals surface area contributed by atoms with Crippen molar-refractivity contribution in [2.45, 2.75) is 0 Å². The van der Waals surface area contributed by atoms with Crippen LogP contribution in [0.1, 0.15) is 5.56 Å². The van der Waals surface area contributed by atoms with Crippen LogP contribution in [0.2, 0.25) is 10.0 Å². The van der Waals surface area contributed by atoms with Gasteiger partial charge >= 0.3 is 0 Å². The summed E-state index contributed by atoms with van der Waals surface area (Å²) in [5.41, 5.74) is 0.810. The Morgan fingerprint density at radius 2 is 1.67 bits per heavy atom. The van der Waals surface area contributed by atoms with Crippen LogP contribution in [-0.4, -0.2) is 0 Å². The van der Waals surface area contributed by atoms with Gasteiger partial charge in [0, 0.05) is 15.6 Å². The van der Waals surface area contributed by atoms with Gasteiger partial charge in [0.2, 0.25) is 0 Å². The summed E-state index contributed by atoms with van der Waals surface area (Å²) in [4.78, 5) is 0. The first-order valence-corrected chi connectivity index (χ1v) is 5.42. The highest BCUT2D eigenvalue weighted by Gasteiger charge is 2.01. The Morgan fingerprint density at radius 3 is 2.08 bits per heavy atom. The van der Waals surface area contributed by atoms with E-state index in [1.54, 1.807) is 12.1 Å². The van der Waals surface area contributed by atoms with Gasteiger partial charge in [-0.05, 0) is 50.1 Å². The van der Waals surface area contributed by atoms with Crippen LogP contribution in [-0.2, 0) is 0 Å². The third-order valence-electron chi connectivity index (χ3n) is 1.25. The molecule has 12 heavy (non-hydrogen) atoms. The second-order valence-electron chi connectivity index (χ2n) is 2.07. The van der Waals surface area contributed by atoms with Crippen molar-refractivity contribution >= 4 is 61.1 Å². The molecule has 0 heterocycles. The molecule has 0 aromatic heterocycles. The van der Waals surface area contributed by atoms with Gasteiger partial charge in [0.1, 0.15) is 0 Å². The van der Waals surface area contributed by atoms with Gasteiger partial charge in [-0.15, -0.1) is 0 Å². The van der Waals surface area contributed by atoms with Crippen molar-refractivity contribution < 1.29 is 0 Å². The molecule has 0 aliphatic rings. The van der Waals surface area contributed by atoms with E-state index < -0.39 is 0 Å². The van der Waals surface area contributed by atoms with Gasteiger partial charge < -0.3 is 0 Å². The highest BCUT2D eigenvalue weighted by Crippen LogP contribution is 2.29. The average molecular weight is 331 g/mol. The summed E-state index contributed by atoms with van der Waals surface area (Å²) in [7, 11) is 0. The maximum absolute atomic E-state index is 5.90. The maximum Gasteiger partial charge on any atom is 0.0611 e. The fourth-order valence-corrected chi connectivity index (χ4v) is 1.72. The Balaban J connectivity index is 3.22. The van der Waals surface area contributed by atoms with Crippen LogP contribution in [0.15, 0.2) is 21.6 Å². The zero-order valence-electron chi connectivity index (χ0n) is 5.82. The Kier molecular flexibility index (Phi) is 4.11. The van der Waals surface area contributed by atoms with E-state index in [0.717, 1.165) is 8.96 Å². The van der Waals surface area contributed by atoms with Gasteiger partial charge in [0.05, 0.1) is 3.39 Å². The molecule has 1 aromatic carbocycles. The van der Waals surface area contributed by atoms with Crippen molar-refractivity contribution in [3.63, 3.8) is 0 Å². The molecule has 0 aliphatic carbocycles. The topological polar surface area (TPSA) is 0 Å². The van der Waals surface area contributed by atoms with Crippen LogP contribution in [0.4, 0.5) is 0 Å². The normalized spacial score (nSPS) is 9.67. The van der Waals surface area contributed by atoms with Crippen LogP contribution in [0.5, 0.6) is 0 Å². The molecule has 0 saturated carbocycles. The second-order valence-corrected chi connectivity index (χ2v) is 5.66. The number of hydrogen-bond donors (Lipinski definition) is 0. The number of hydrogen-bond acceptors (Lipinski definition) is 0. The van der Waals surface area contributed by atoms with E-state index in [9.17, 15) is 0 Å². The minimum absolute atomic E-state index is 0.638. The second kappa shape index (κ2) is 4.66. The van der Waals surface area contributed by atoms with Crippen molar-refractivity contribution in [3.05, 3.63) is 37.2 Å². The summed E-state index contributed by atoms with van der Waals surface area (Å²) in [6.45, 7) is 0. The molecule has 1 aromatic rings. The van der Waals surface area contributed by atoms with Crippen molar-refractivity contribution in [1.29, 1.82) is 0 Å². The molecular formula is C8H4Br2Cl2. The van der Waals surface area contributed by atoms with E-state index in [0.29, 0.717) is 10.0 Å². The summed E-state index contributed by atoms with van der Waals surface area (Å²) < 4.78 is 0.810. The number of halogens is 4. The van der Waals surface area contributed by atoms with Gasteiger partial charge in [0.15, 0.2) is 0 Å². The van der Waals surface area contributed by atoms with Gasteiger partial charge in [-0.2, -0.15) is 0 Å². The molecule has 0 unspecified atom stereocenters. The minimum Gasteiger partial charge on any atom is -0.0836 e. The lowest BCUT2D eigenvalue weighted by atomic mass is 10.2. The van der Waals surface area contributed by atoms with E-state index in [2.05, 4.69) is 31.9 Å². The van der Waals surface area contributed by atoms with Crippen molar-refractivity contribution in [1.82, 2.24) is 0 Å². The maximum atomic E-state index is 5.90. The highest BCUT2D eigenvalue weighted by atomic mass is 79.9. The number of benzene rings is 1. The lowest BCUT2D eigenvalue weighted by Crippen LogP contribution is -1.76. The van der Waals surface area contributed by atoms with E-state index >= 15 is 0 Å². The summed E-state index contributed by atoms with van der Waals surface area (Å²) in [6.07, 6.45) is 1.81. The van der Waals surface area contributed by atoms with Crippen molar-refractivity contribution in [3.8, 4) is 0 Å².